The van der Waals surface area contributed by atoms with E-state index >= 15 is 0 Å². The van der Waals surface area contributed by atoms with Crippen LogP contribution in [-0.4, -0.2) is 9.97 Å². The monoisotopic (exact) mass is 134 g/mol. The molecule has 0 amide bonds. The zero-order valence-corrected chi connectivity index (χ0v) is 5.99. The lowest BCUT2D eigenvalue weighted by molar-refractivity contribution is 1.13. The molecule has 1 aromatic heterocycles. The van der Waals surface area contributed by atoms with Crippen LogP contribution in [0.4, 0.5) is 0 Å². The van der Waals surface area contributed by atoms with Gasteiger partial charge in [0.2, 0.25) is 0 Å². The lowest BCUT2D eigenvalue weighted by Gasteiger charge is -1.86. The second-order valence-electron chi connectivity index (χ2n) is 1.92. The van der Waals surface area contributed by atoms with Crippen molar-refractivity contribution in [3.8, 4) is 0 Å². The molecule has 2 nitrogen and oxygen atoms in total. The van der Waals surface area contributed by atoms with Gasteiger partial charge < -0.3 is 0 Å². The molecule has 0 fully saturated rings. The molecule has 0 saturated heterocycles. The summed E-state index contributed by atoms with van der Waals surface area (Å²) in [4.78, 5) is 8.04. The first kappa shape index (κ1) is 6.93. The normalized spacial score (nSPS) is 10.5. The lowest BCUT2D eigenvalue weighted by Crippen LogP contribution is -1.82. The average Bonchev–Trinajstić information content (AvgIpc) is 2.03. The maximum absolute atomic E-state index is 4.02. The molecule has 0 unspecified atom stereocenters. The molecule has 1 aromatic rings. The van der Waals surface area contributed by atoms with Crippen LogP contribution in [0.15, 0.2) is 24.5 Å². The Bertz CT molecular complexity index is 204. The van der Waals surface area contributed by atoms with Crippen LogP contribution in [-0.2, 0) is 0 Å². The topological polar surface area (TPSA) is 25.8 Å². The molecule has 0 aliphatic carbocycles. The van der Waals surface area contributed by atoms with Crippen molar-refractivity contribution in [2.75, 3.05) is 0 Å². The zero-order valence-electron chi connectivity index (χ0n) is 5.99. The Balaban J connectivity index is 2.67. The van der Waals surface area contributed by atoms with Gasteiger partial charge in [-0.05, 0) is 18.6 Å². The third-order valence-electron chi connectivity index (χ3n) is 1.09. The molecule has 0 saturated carbocycles. The zero-order chi connectivity index (χ0) is 7.23. The fourth-order valence-corrected chi connectivity index (χ4v) is 0.620. The molecule has 0 N–H and O–H groups in total. The quantitative estimate of drug-likeness (QED) is 0.617. The number of hydrogen-bond acceptors (Lipinski definition) is 2. The minimum atomic E-state index is 0.782. The van der Waals surface area contributed by atoms with E-state index < -0.39 is 0 Å². The average molecular weight is 134 g/mol. The van der Waals surface area contributed by atoms with Crippen molar-refractivity contribution in [1.82, 2.24) is 9.97 Å². The van der Waals surface area contributed by atoms with Crippen molar-refractivity contribution in [3.05, 3.63) is 30.4 Å². The van der Waals surface area contributed by atoms with Gasteiger partial charge in [0, 0.05) is 12.4 Å². The van der Waals surface area contributed by atoms with Gasteiger partial charge in [-0.2, -0.15) is 0 Å². The molecule has 10 heavy (non-hydrogen) atoms. The number of nitrogens with zero attached hydrogens (tertiary/aromatic N) is 2. The first-order chi connectivity index (χ1) is 4.93. The molecule has 2 heteroatoms. The summed E-state index contributed by atoms with van der Waals surface area (Å²) in [6, 6.07) is 1.81. The van der Waals surface area contributed by atoms with Crippen molar-refractivity contribution in [2.45, 2.75) is 13.3 Å². The molecular weight excluding hydrogens is 124 g/mol. The summed E-state index contributed by atoms with van der Waals surface area (Å²) in [5, 5.41) is 0. The highest BCUT2D eigenvalue weighted by atomic mass is 14.8. The van der Waals surface area contributed by atoms with Crippen LogP contribution >= 0.6 is 0 Å². The van der Waals surface area contributed by atoms with Gasteiger partial charge in [0.05, 0.1) is 0 Å². The smallest absolute Gasteiger partial charge is 0.151 e. The second kappa shape index (κ2) is 3.77. The van der Waals surface area contributed by atoms with Crippen LogP contribution in [0.25, 0.3) is 6.08 Å². The lowest BCUT2D eigenvalue weighted by atomic mass is 10.4. The van der Waals surface area contributed by atoms with E-state index in [0.717, 1.165) is 12.2 Å². The second-order valence-corrected chi connectivity index (χ2v) is 1.92. The highest BCUT2D eigenvalue weighted by molar-refractivity contribution is 5.38. The molecule has 0 bridgehead atoms. The van der Waals surface area contributed by atoms with E-state index in [2.05, 4.69) is 16.9 Å². The van der Waals surface area contributed by atoms with Gasteiger partial charge in [0.25, 0.3) is 0 Å². The van der Waals surface area contributed by atoms with E-state index in [1.54, 1.807) is 12.4 Å². The molecule has 0 aliphatic heterocycles. The van der Waals surface area contributed by atoms with Crippen molar-refractivity contribution in [1.29, 1.82) is 0 Å². The van der Waals surface area contributed by atoms with Crippen LogP contribution in [0, 0.1) is 0 Å². The fourth-order valence-electron chi connectivity index (χ4n) is 0.620. The van der Waals surface area contributed by atoms with E-state index in [-0.39, 0.29) is 0 Å². The summed E-state index contributed by atoms with van der Waals surface area (Å²) in [7, 11) is 0. The molecular formula is C8H10N2. The molecule has 0 atom stereocenters. The number of aromatic nitrogens is 2. The summed E-state index contributed by atoms with van der Waals surface area (Å²) in [6.45, 7) is 2.08. The van der Waals surface area contributed by atoms with Crippen LogP contribution in [0.3, 0.4) is 0 Å². The molecule has 0 spiro atoms. The maximum Gasteiger partial charge on any atom is 0.151 e. The predicted molar refractivity (Wildman–Crippen MR) is 41.4 cm³/mol. The molecule has 1 heterocycles. The van der Waals surface area contributed by atoms with Gasteiger partial charge in [-0.15, -0.1) is 0 Å². The van der Waals surface area contributed by atoms with Gasteiger partial charge >= 0.3 is 0 Å². The Morgan fingerprint density at radius 3 is 2.70 bits per heavy atom. The Hall–Kier alpha value is -1.18. The van der Waals surface area contributed by atoms with E-state index in [1.165, 1.54) is 0 Å². The Morgan fingerprint density at radius 2 is 2.10 bits per heavy atom. The summed E-state index contributed by atoms with van der Waals surface area (Å²) in [5.74, 6) is 0.782. The van der Waals surface area contributed by atoms with Crippen LogP contribution < -0.4 is 0 Å². The van der Waals surface area contributed by atoms with Gasteiger partial charge in [0.15, 0.2) is 5.82 Å². The summed E-state index contributed by atoms with van der Waals surface area (Å²) in [5.41, 5.74) is 0. The Labute approximate surface area is 60.6 Å². The standard InChI is InChI=1S/C8H10N2/c1-2-3-5-8-9-6-4-7-10-8/h3-7H,2H2,1H3/b5-3-. The highest BCUT2D eigenvalue weighted by Crippen LogP contribution is 1.91. The van der Waals surface area contributed by atoms with Gasteiger partial charge in [-0.1, -0.05) is 13.0 Å². The summed E-state index contributed by atoms with van der Waals surface area (Å²) in [6.07, 6.45) is 8.46. The fraction of sp³-hybridized carbons (Fsp3) is 0.250. The van der Waals surface area contributed by atoms with Crippen molar-refractivity contribution in [2.24, 2.45) is 0 Å². The molecule has 0 aromatic carbocycles. The van der Waals surface area contributed by atoms with Crippen molar-refractivity contribution < 1.29 is 0 Å². The molecule has 0 radical (unpaired) electrons. The van der Waals surface area contributed by atoms with E-state index in [9.17, 15) is 0 Å². The third kappa shape index (κ3) is 1.97. The van der Waals surface area contributed by atoms with Crippen LogP contribution in [0.2, 0.25) is 0 Å². The molecule has 0 aliphatic rings. The minimum absolute atomic E-state index is 0.782. The van der Waals surface area contributed by atoms with Gasteiger partial charge in [0.1, 0.15) is 0 Å². The van der Waals surface area contributed by atoms with Crippen LogP contribution in [0.1, 0.15) is 19.2 Å². The van der Waals surface area contributed by atoms with E-state index in [0.29, 0.717) is 0 Å². The largest absolute Gasteiger partial charge is 0.237 e. The molecule has 1 rings (SSSR count). The molecule has 52 valence electrons. The number of allylic oxidation sites excluding steroid dienone is 1. The number of rotatable bonds is 2. The maximum atomic E-state index is 4.02. The highest BCUT2D eigenvalue weighted by Gasteiger charge is 1.82. The summed E-state index contributed by atoms with van der Waals surface area (Å²) < 4.78 is 0. The first-order valence-corrected chi connectivity index (χ1v) is 3.37. The first-order valence-electron chi connectivity index (χ1n) is 3.37. The third-order valence-corrected chi connectivity index (χ3v) is 1.09. The van der Waals surface area contributed by atoms with E-state index in [1.807, 2.05) is 18.2 Å². The van der Waals surface area contributed by atoms with Gasteiger partial charge in [-0.3, -0.25) is 0 Å². The Kier molecular flexibility index (Phi) is 2.62. The van der Waals surface area contributed by atoms with Gasteiger partial charge in [-0.25, -0.2) is 9.97 Å². The SMILES string of the molecule is CC/C=C\c1ncccn1. The van der Waals surface area contributed by atoms with E-state index in [4.69, 9.17) is 0 Å². The minimum Gasteiger partial charge on any atom is -0.237 e. The summed E-state index contributed by atoms with van der Waals surface area (Å²) >= 11 is 0. The van der Waals surface area contributed by atoms with Crippen molar-refractivity contribution >= 4 is 6.08 Å². The number of hydrogen-bond donors (Lipinski definition) is 0. The van der Waals surface area contributed by atoms with Crippen molar-refractivity contribution in [3.63, 3.8) is 0 Å². The van der Waals surface area contributed by atoms with Crippen LogP contribution in [0.5, 0.6) is 0 Å². The Morgan fingerprint density at radius 1 is 1.40 bits per heavy atom. The predicted octanol–water partition coefficient (Wildman–Crippen LogP) is 1.90.